The van der Waals surface area contributed by atoms with Gasteiger partial charge in [0.1, 0.15) is 17.2 Å². The van der Waals surface area contributed by atoms with E-state index in [-0.39, 0.29) is 16.6 Å². The van der Waals surface area contributed by atoms with Gasteiger partial charge in [-0.3, -0.25) is 0 Å². The van der Waals surface area contributed by atoms with Crippen LogP contribution in [0.25, 0.3) is 0 Å². The van der Waals surface area contributed by atoms with E-state index >= 15 is 0 Å². The highest BCUT2D eigenvalue weighted by molar-refractivity contribution is 7.17. The van der Waals surface area contributed by atoms with Crippen LogP contribution >= 0.6 is 11.3 Å². The summed E-state index contributed by atoms with van der Waals surface area (Å²) in [6.07, 6.45) is 0. The summed E-state index contributed by atoms with van der Waals surface area (Å²) < 4.78 is 10.7. The van der Waals surface area contributed by atoms with Crippen LogP contribution in [-0.2, 0) is 6.61 Å². The predicted molar refractivity (Wildman–Crippen MR) is 70.8 cm³/mol. The smallest absolute Gasteiger partial charge is 0.348 e. The van der Waals surface area contributed by atoms with Gasteiger partial charge in [0.2, 0.25) is 0 Å². The van der Waals surface area contributed by atoms with Crippen molar-refractivity contribution in [3.63, 3.8) is 0 Å². The van der Waals surface area contributed by atoms with Crippen molar-refractivity contribution >= 4 is 22.4 Å². The van der Waals surface area contributed by atoms with Crippen molar-refractivity contribution in [2.45, 2.75) is 6.61 Å². The van der Waals surface area contributed by atoms with Gasteiger partial charge >= 0.3 is 5.97 Å². The summed E-state index contributed by atoms with van der Waals surface area (Å²) in [5, 5.41) is 9.22. The van der Waals surface area contributed by atoms with Gasteiger partial charge in [0, 0.05) is 0 Å². The second-order valence-corrected chi connectivity index (χ2v) is 4.60. The quantitative estimate of drug-likeness (QED) is 0.870. The van der Waals surface area contributed by atoms with E-state index in [0.717, 1.165) is 11.3 Å². The Kier molecular flexibility index (Phi) is 3.86. The number of aromatic nitrogens is 1. The third-order valence-electron chi connectivity index (χ3n) is 2.34. The van der Waals surface area contributed by atoms with Gasteiger partial charge in [-0.2, -0.15) is 0 Å². The molecule has 0 amide bonds. The SMILES string of the molecule is COc1ccccc1OCc1nc(N)sc1C(=O)O. The average molecular weight is 280 g/mol. The summed E-state index contributed by atoms with van der Waals surface area (Å²) in [6.45, 7) is 0.0235. The number of para-hydroxylation sites is 2. The van der Waals surface area contributed by atoms with Crippen LogP contribution in [0.2, 0.25) is 0 Å². The number of aromatic carboxylic acids is 1. The van der Waals surface area contributed by atoms with Gasteiger partial charge in [-0.05, 0) is 12.1 Å². The topological polar surface area (TPSA) is 94.7 Å². The molecular weight excluding hydrogens is 268 g/mol. The van der Waals surface area contributed by atoms with Crippen molar-refractivity contribution in [3.05, 3.63) is 34.8 Å². The van der Waals surface area contributed by atoms with Crippen LogP contribution in [0.5, 0.6) is 11.5 Å². The summed E-state index contributed by atoms with van der Waals surface area (Å²) in [7, 11) is 1.53. The molecule has 0 bridgehead atoms. The van der Waals surface area contributed by atoms with Gasteiger partial charge in [-0.25, -0.2) is 9.78 Å². The molecule has 0 saturated heterocycles. The van der Waals surface area contributed by atoms with Crippen molar-refractivity contribution in [1.29, 1.82) is 0 Å². The minimum Gasteiger partial charge on any atom is -0.493 e. The van der Waals surface area contributed by atoms with Crippen LogP contribution in [0.1, 0.15) is 15.4 Å². The van der Waals surface area contributed by atoms with Crippen molar-refractivity contribution in [3.8, 4) is 11.5 Å². The van der Waals surface area contributed by atoms with E-state index in [4.69, 9.17) is 20.3 Å². The molecular formula is C12H12N2O4S. The van der Waals surface area contributed by atoms with Crippen molar-refractivity contribution in [2.24, 2.45) is 0 Å². The third kappa shape index (κ3) is 2.94. The Balaban J connectivity index is 2.16. The van der Waals surface area contributed by atoms with Crippen LogP contribution < -0.4 is 15.2 Å². The molecule has 0 saturated carbocycles. The molecule has 2 aromatic rings. The summed E-state index contributed by atoms with van der Waals surface area (Å²) in [5.74, 6) is 0.0308. The van der Waals surface area contributed by atoms with E-state index in [0.29, 0.717) is 17.2 Å². The normalized spacial score (nSPS) is 10.2. The van der Waals surface area contributed by atoms with Gasteiger partial charge in [0.15, 0.2) is 16.6 Å². The molecule has 0 unspecified atom stereocenters. The van der Waals surface area contributed by atoms with Crippen molar-refractivity contribution in [1.82, 2.24) is 4.98 Å². The first-order valence-electron chi connectivity index (χ1n) is 5.36. The molecule has 19 heavy (non-hydrogen) atoms. The number of carboxylic acid groups (broad SMARTS) is 1. The Hall–Kier alpha value is -2.28. The molecule has 2 rings (SSSR count). The number of carbonyl (C=O) groups is 1. The summed E-state index contributed by atoms with van der Waals surface area (Å²) in [4.78, 5) is 15.0. The average Bonchev–Trinajstić information content (AvgIpc) is 2.78. The molecule has 7 heteroatoms. The molecule has 0 radical (unpaired) electrons. The van der Waals surface area contributed by atoms with Crippen LogP contribution in [-0.4, -0.2) is 23.2 Å². The largest absolute Gasteiger partial charge is 0.493 e. The molecule has 1 aromatic carbocycles. The number of ether oxygens (including phenoxy) is 2. The number of benzene rings is 1. The number of rotatable bonds is 5. The molecule has 0 fully saturated rings. The minimum atomic E-state index is -1.06. The van der Waals surface area contributed by atoms with E-state index in [2.05, 4.69) is 4.98 Å². The Bertz CT molecular complexity index is 597. The number of hydrogen-bond acceptors (Lipinski definition) is 6. The highest BCUT2D eigenvalue weighted by Crippen LogP contribution is 2.28. The van der Waals surface area contributed by atoms with Gasteiger partial charge in [0.05, 0.1) is 7.11 Å². The maximum absolute atomic E-state index is 11.0. The van der Waals surface area contributed by atoms with Gasteiger partial charge < -0.3 is 20.3 Å². The fourth-order valence-corrected chi connectivity index (χ4v) is 2.19. The molecule has 1 heterocycles. The Labute approximate surface area is 113 Å². The monoisotopic (exact) mass is 280 g/mol. The van der Waals surface area contributed by atoms with E-state index in [1.807, 2.05) is 6.07 Å². The lowest BCUT2D eigenvalue weighted by molar-refractivity contribution is 0.0699. The highest BCUT2D eigenvalue weighted by Gasteiger charge is 2.17. The van der Waals surface area contributed by atoms with E-state index in [1.54, 1.807) is 18.2 Å². The molecule has 0 aliphatic heterocycles. The lowest BCUT2D eigenvalue weighted by Crippen LogP contribution is -2.04. The van der Waals surface area contributed by atoms with E-state index in [9.17, 15) is 4.79 Å². The zero-order chi connectivity index (χ0) is 13.8. The molecule has 0 aliphatic rings. The second-order valence-electron chi connectivity index (χ2n) is 3.57. The predicted octanol–water partition coefficient (Wildman–Crippen LogP) is 2.01. The van der Waals surface area contributed by atoms with Crippen LogP contribution in [0, 0.1) is 0 Å². The number of nitrogens with two attached hydrogens (primary N) is 1. The molecule has 0 aliphatic carbocycles. The molecule has 3 N–H and O–H groups in total. The van der Waals surface area contributed by atoms with E-state index in [1.165, 1.54) is 7.11 Å². The fourth-order valence-electron chi connectivity index (χ4n) is 1.52. The standard InChI is InChI=1S/C12H12N2O4S/c1-17-8-4-2-3-5-9(8)18-6-7-10(11(15)16)19-12(13)14-7/h2-5H,6H2,1H3,(H2,13,14)(H,15,16). The summed E-state index contributed by atoms with van der Waals surface area (Å²) in [5.41, 5.74) is 5.81. The maximum Gasteiger partial charge on any atom is 0.348 e. The number of nitrogen functional groups attached to an aromatic ring is 1. The first kappa shape index (κ1) is 13.2. The molecule has 1 aromatic heterocycles. The zero-order valence-corrected chi connectivity index (χ0v) is 10.9. The summed E-state index contributed by atoms with van der Waals surface area (Å²) >= 11 is 0.923. The second kappa shape index (κ2) is 5.57. The molecule has 0 spiro atoms. The first-order chi connectivity index (χ1) is 9.11. The lowest BCUT2D eigenvalue weighted by Gasteiger charge is -2.09. The Morgan fingerprint density at radius 3 is 2.74 bits per heavy atom. The molecule has 0 atom stereocenters. The minimum absolute atomic E-state index is 0.0235. The number of anilines is 1. The summed E-state index contributed by atoms with van der Waals surface area (Å²) in [6, 6.07) is 7.10. The number of thiazole rings is 1. The number of nitrogens with zero attached hydrogens (tertiary/aromatic N) is 1. The Morgan fingerprint density at radius 2 is 2.11 bits per heavy atom. The Morgan fingerprint density at radius 1 is 1.42 bits per heavy atom. The lowest BCUT2D eigenvalue weighted by atomic mass is 10.3. The number of hydrogen-bond donors (Lipinski definition) is 2. The van der Waals surface area contributed by atoms with Crippen LogP contribution in [0.3, 0.4) is 0 Å². The maximum atomic E-state index is 11.0. The van der Waals surface area contributed by atoms with Gasteiger partial charge in [-0.15, -0.1) is 0 Å². The number of carboxylic acids is 1. The van der Waals surface area contributed by atoms with Gasteiger partial charge in [0.25, 0.3) is 0 Å². The van der Waals surface area contributed by atoms with Crippen LogP contribution in [0.4, 0.5) is 5.13 Å². The molecule has 100 valence electrons. The first-order valence-corrected chi connectivity index (χ1v) is 6.17. The molecule has 6 nitrogen and oxygen atoms in total. The third-order valence-corrected chi connectivity index (χ3v) is 3.26. The van der Waals surface area contributed by atoms with Crippen molar-refractivity contribution < 1.29 is 19.4 Å². The fraction of sp³-hybridized carbons (Fsp3) is 0.167. The van der Waals surface area contributed by atoms with Gasteiger partial charge in [-0.1, -0.05) is 23.5 Å². The number of methoxy groups -OCH3 is 1. The highest BCUT2D eigenvalue weighted by atomic mass is 32.1. The van der Waals surface area contributed by atoms with Crippen molar-refractivity contribution in [2.75, 3.05) is 12.8 Å². The van der Waals surface area contributed by atoms with Crippen LogP contribution in [0.15, 0.2) is 24.3 Å². The van der Waals surface area contributed by atoms with E-state index < -0.39 is 5.97 Å². The zero-order valence-electron chi connectivity index (χ0n) is 10.1.